The van der Waals surface area contributed by atoms with Crippen molar-refractivity contribution < 1.29 is 18.6 Å². The number of nitrogens with zero attached hydrogens (tertiary/aromatic N) is 4. The van der Waals surface area contributed by atoms with E-state index in [-0.39, 0.29) is 35.0 Å². The number of aryl methyl sites for hydroxylation is 1. The van der Waals surface area contributed by atoms with Crippen LogP contribution in [0.1, 0.15) is 61.6 Å². The van der Waals surface area contributed by atoms with E-state index in [1.807, 2.05) is 6.07 Å². The van der Waals surface area contributed by atoms with Crippen LogP contribution in [0.3, 0.4) is 0 Å². The quantitative estimate of drug-likeness (QED) is 0.413. The molecule has 0 spiro atoms. The second-order valence-corrected chi connectivity index (χ2v) is 13.2. The van der Waals surface area contributed by atoms with Crippen molar-refractivity contribution in [2.75, 3.05) is 37.7 Å². The molecule has 0 unspecified atom stereocenters. The number of phenolic OH excluding ortho intramolecular Hbond substituents is 1. The second-order valence-electron chi connectivity index (χ2n) is 13.2. The third kappa shape index (κ3) is 4.53. The normalized spacial score (nSPS) is 28.2. The molecular formula is C34H37F2N5O2. The maximum atomic E-state index is 17.0. The van der Waals surface area contributed by atoms with Gasteiger partial charge in [0.1, 0.15) is 29.9 Å². The van der Waals surface area contributed by atoms with Gasteiger partial charge >= 0.3 is 6.01 Å². The summed E-state index contributed by atoms with van der Waals surface area (Å²) in [5.74, 6) is 2.93. The summed E-state index contributed by atoms with van der Waals surface area (Å²) in [6.45, 7) is 3.05. The smallest absolute Gasteiger partial charge is 0.319 e. The van der Waals surface area contributed by atoms with Gasteiger partial charge in [0.25, 0.3) is 0 Å². The van der Waals surface area contributed by atoms with Crippen LogP contribution in [0, 0.1) is 18.2 Å². The average Bonchev–Trinajstić information content (AvgIpc) is 3.65. The number of nitrogens with one attached hydrogen (secondary N) is 1. The third-order valence-electron chi connectivity index (χ3n) is 10.5. The fraction of sp³-hybridized carbons (Fsp3) is 0.529. The number of terminal acetylenes is 1. The maximum Gasteiger partial charge on any atom is 0.319 e. The Labute approximate surface area is 250 Å². The standard InChI is InChI=1S/C34H37F2N5O2/c1-2-20-13-28-31(30(36)29(20)27-14-25(42)12-21-6-3-4-7-26(21)27)38-33(39-32(28)40-17-23-8-9-24(18-40)37-23)43-19-34-10-5-11-41(34)16-22(35)15-34/h1,12-14,22-24,37,42H,3-11,15-19H2/t22-,23-,24+,34+/m1/s1. The van der Waals surface area contributed by atoms with E-state index in [9.17, 15) is 9.50 Å². The molecule has 2 bridgehead atoms. The maximum absolute atomic E-state index is 17.0. The Balaban J connectivity index is 1.28. The minimum Gasteiger partial charge on any atom is -0.508 e. The number of hydrogen-bond acceptors (Lipinski definition) is 7. The monoisotopic (exact) mass is 585 g/mol. The molecule has 5 aliphatic rings. The van der Waals surface area contributed by atoms with Crippen molar-refractivity contribution in [3.8, 4) is 35.2 Å². The predicted octanol–water partition coefficient (Wildman–Crippen LogP) is 4.90. The molecule has 8 rings (SSSR count). The first-order valence-electron chi connectivity index (χ1n) is 15.8. The zero-order chi connectivity index (χ0) is 29.3. The summed E-state index contributed by atoms with van der Waals surface area (Å²) in [4.78, 5) is 14.0. The highest BCUT2D eigenvalue weighted by Crippen LogP contribution is 2.43. The Bertz CT molecular complexity index is 1640. The van der Waals surface area contributed by atoms with Crippen LogP contribution in [-0.2, 0) is 12.8 Å². The van der Waals surface area contributed by atoms with Gasteiger partial charge < -0.3 is 20.1 Å². The van der Waals surface area contributed by atoms with E-state index in [0.29, 0.717) is 47.4 Å². The molecule has 43 heavy (non-hydrogen) atoms. The largest absolute Gasteiger partial charge is 0.508 e. The minimum absolute atomic E-state index is 0.102. The molecule has 1 aliphatic carbocycles. The third-order valence-corrected chi connectivity index (χ3v) is 10.5. The van der Waals surface area contributed by atoms with E-state index >= 15 is 4.39 Å². The molecule has 4 atom stereocenters. The number of aromatic hydroxyl groups is 1. The Morgan fingerprint density at radius 2 is 1.91 bits per heavy atom. The Kier molecular flexibility index (Phi) is 6.50. The lowest BCUT2D eigenvalue weighted by Crippen LogP contribution is -2.51. The van der Waals surface area contributed by atoms with E-state index in [1.54, 1.807) is 12.1 Å². The van der Waals surface area contributed by atoms with E-state index in [2.05, 4.69) is 26.0 Å². The number of hydrogen-bond donors (Lipinski definition) is 2. The van der Waals surface area contributed by atoms with Crippen LogP contribution in [0.5, 0.6) is 11.8 Å². The van der Waals surface area contributed by atoms with Crippen LogP contribution in [0.4, 0.5) is 14.6 Å². The number of aromatic nitrogens is 2. The van der Waals surface area contributed by atoms with Crippen molar-refractivity contribution in [2.24, 2.45) is 0 Å². The van der Waals surface area contributed by atoms with Gasteiger partial charge in [-0.05, 0) is 92.8 Å². The SMILES string of the molecule is C#Cc1cc2c(N3C[C@H]4CC[C@@H](C3)N4)nc(OC[C@@]34CCCN3C[C@H](F)C4)nc2c(F)c1-c1cc(O)cc2c1CCCC2. The molecule has 3 aromatic rings. The van der Waals surface area contributed by atoms with Crippen molar-refractivity contribution in [1.82, 2.24) is 20.2 Å². The zero-order valence-corrected chi connectivity index (χ0v) is 24.3. The summed E-state index contributed by atoms with van der Waals surface area (Å²) in [5, 5.41) is 14.8. The molecule has 4 saturated heterocycles. The van der Waals surface area contributed by atoms with Gasteiger partial charge in [0.05, 0.1) is 5.54 Å². The molecule has 0 radical (unpaired) electrons. The van der Waals surface area contributed by atoms with Crippen LogP contribution in [-0.4, -0.2) is 76.6 Å². The number of rotatable bonds is 5. The van der Waals surface area contributed by atoms with Crippen LogP contribution < -0.4 is 15.0 Å². The van der Waals surface area contributed by atoms with Crippen molar-refractivity contribution in [1.29, 1.82) is 0 Å². The molecule has 0 amide bonds. The van der Waals surface area contributed by atoms with Gasteiger partial charge in [-0.15, -0.1) is 6.42 Å². The molecule has 2 N–H and O–H groups in total. The zero-order valence-electron chi connectivity index (χ0n) is 24.3. The molecule has 9 heteroatoms. The first kappa shape index (κ1) is 27.1. The molecule has 5 heterocycles. The number of phenols is 1. The number of anilines is 1. The fourth-order valence-electron chi connectivity index (χ4n) is 8.57. The van der Waals surface area contributed by atoms with E-state index in [0.717, 1.165) is 82.1 Å². The second kappa shape index (κ2) is 10.3. The van der Waals surface area contributed by atoms with Gasteiger partial charge in [-0.2, -0.15) is 9.97 Å². The minimum atomic E-state index is -0.872. The first-order valence-corrected chi connectivity index (χ1v) is 15.8. The van der Waals surface area contributed by atoms with E-state index in [1.165, 1.54) is 0 Å². The number of alkyl halides is 1. The highest BCUT2D eigenvalue weighted by atomic mass is 19.1. The van der Waals surface area contributed by atoms with Crippen LogP contribution in [0.2, 0.25) is 0 Å². The number of benzene rings is 2. The van der Waals surface area contributed by atoms with Gasteiger partial charge in [-0.25, -0.2) is 8.78 Å². The molecule has 4 aliphatic heterocycles. The lowest BCUT2D eigenvalue weighted by Gasteiger charge is -2.35. The molecule has 4 fully saturated rings. The van der Waals surface area contributed by atoms with Crippen LogP contribution in [0.15, 0.2) is 18.2 Å². The summed E-state index contributed by atoms with van der Waals surface area (Å²) >= 11 is 0. The fourth-order valence-corrected chi connectivity index (χ4v) is 8.57. The molecule has 2 aromatic carbocycles. The van der Waals surface area contributed by atoms with Gasteiger partial charge in [0.15, 0.2) is 5.82 Å². The topological polar surface area (TPSA) is 73.8 Å². The highest BCUT2D eigenvalue weighted by Gasteiger charge is 2.49. The molecular weight excluding hydrogens is 548 g/mol. The van der Waals surface area contributed by atoms with E-state index in [4.69, 9.17) is 16.1 Å². The van der Waals surface area contributed by atoms with Crippen LogP contribution >= 0.6 is 0 Å². The summed E-state index contributed by atoms with van der Waals surface area (Å²) in [7, 11) is 0. The molecule has 224 valence electrons. The average molecular weight is 586 g/mol. The lowest BCUT2D eigenvalue weighted by atomic mass is 9.84. The van der Waals surface area contributed by atoms with Crippen molar-refractivity contribution in [2.45, 2.75) is 81.6 Å². The molecule has 0 saturated carbocycles. The van der Waals surface area contributed by atoms with Crippen LogP contribution in [0.25, 0.3) is 22.0 Å². The number of piperazine rings is 1. The van der Waals surface area contributed by atoms with E-state index < -0.39 is 12.0 Å². The number of halogens is 2. The summed E-state index contributed by atoms with van der Waals surface area (Å²) < 4.78 is 37.8. The van der Waals surface area contributed by atoms with Gasteiger partial charge in [-0.3, -0.25) is 4.90 Å². The Morgan fingerprint density at radius 3 is 2.72 bits per heavy atom. The Hall–Kier alpha value is -3.48. The van der Waals surface area contributed by atoms with Crippen molar-refractivity contribution in [3.63, 3.8) is 0 Å². The lowest BCUT2D eigenvalue weighted by molar-refractivity contribution is 0.107. The van der Waals surface area contributed by atoms with Gasteiger partial charge in [0.2, 0.25) is 0 Å². The number of fused-ring (bicyclic) bond motifs is 5. The molecule has 7 nitrogen and oxygen atoms in total. The predicted molar refractivity (Wildman–Crippen MR) is 162 cm³/mol. The van der Waals surface area contributed by atoms with Gasteiger partial charge in [-0.1, -0.05) is 5.92 Å². The molecule has 1 aromatic heterocycles. The highest BCUT2D eigenvalue weighted by molar-refractivity contribution is 5.96. The summed E-state index contributed by atoms with van der Waals surface area (Å²) in [5.41, 5.74) is 3.19. The van der Waals surface area contributed by atoms with Gasteiger partial charge in [0, 0.05) is 54.7 Å². The van der Waals surface area contributed by atoms with Crippen molar-refractivity contribution >= 4 is 16.7 Å². The Morgan fingerprint density at radius 1 is 1.09 bits per heavy atom. The summed E-state index contributed by atoms with van der Waals surface area (Å²) in [6, 6.07) is 6.03. The first-order chi connectivity index (χ1) is 20.9. The summed E-state index contributed by atoms with van der Waals surface area (Å²) in [6.07, 6.45) is 13.3. The van der Waals surface area contributed by atoms with Crippen molar-refractivity contribution in [3.05, 3.63) is 40.7 Å². The number of ether oxygens (including phenoxy) is 1.